The molecule has 0 saturated carbocycles. The standard InChI is InChI=1S/C19H19N5O2/c1-2-14-26-16-10-8-15(9-11-16)21-19(25)20-12-5-7-18-23-22-17-6-3-4-13-24(17)18/h1,3-4,6,8-11,13H,5,7,12,14H2,(H2,20,21,25). The van der Waals surface area contributed by atoms with Crippen LogP contribution in [0.4, 0.5) is 10.5 Å². The molecule has 132 valence electrons. The highest BCUT2D eigenvalue weighted by Gasteiger charge is 2.05. The molecule has 1 aromatic carbocycles. The largest absolute Gasteiger partial charge is 0.481 e. The Hall–Kier alpha value is -3.53. The molecule has 3 aromatic rings. The SMILES string of the molecule is C#CCOc1ccc(NC(=O)NCCCc2nnc3ccccn23)cc1. The molecule has 0 spiro atoms. The number of nitrogens with one attached hydrogen (secondary N) is 2. The van der Waals surface area contributed by atoms with E-state index in [2.05, 4.69) is 26.8 Å². The van der Waals surface area contributed by atoms with Crippen molar-refractivity contribution in [3.8, 4) is 18.1 Å². The van der Waals surface area contributed by atoms with Crippen LogP contribution in [0.15, 0.2) is 48.7 Å². The predicted octanol–water partition coefficient (Wildman–Crippen LogP) is 2.50. The Kier molecular flexibility index (Phi) is 5.68. The smallest absolute Gasteiger partial charge is 0.319 e. The summed E-state index contributed by atoms with van der Waals surface area (Å²) in [6.45, 7) is 0.755. The molecular formula is C19H19N5O2. The van der Waals surface area contributed by atoms with E-state index in [1.165, 1.54) is 0 Å². The van der Waals surface area contributed by atoms with Gasteiger partial charge >= 0.3 is 6.03 Å². The van der Waals surface area contributed by atoms with E-state index >= 15 is 0 Å². The third-order valence-corrected chi connectivity index (χ3v) is 3.68. The number of aromatic nitrogens is 3. The molecule has 0 fully saturated rings. The van der Waals surface area contributed by atoms with Crippen molar-refractivity contribution in [1.82, 2.24) is 19.9 Å². The van der Waals surface area contributed by atoms with Crippen LogP contribution >= 0.6 is 0 Å². The Labute approximate surface area is 151 Å². The number of hydrogen-bond donors (Lipinski definition) is 2. The lowest BCUT2D eigenvalue weighted by molar-refractivity contribution is 0.252. The lowest BCUT2D eigenvalue weighted by Gasteiger charge is -2.08. The average Bonchev–Trinajstić information content (AvgIpc) is 3.08. The number of anilines is 1. The Morgan fingerprint density at radius 3 is 2.85 bits per heavy atom. The monoisotopic (exact) mass is 349 g/mol. The van der Waals surface area contributed by atoms with E-state index in [1.807, 2.05) is 28.8 Å². The number of terminal acetylenes is 1. The summed E-state index contributed by atoms with van der Waals surface area (Å²) in [7, 11) is 0. The van der Waals surface area contributed by atoms with Crippen LogP contribution in [-0.4, -0.2) is 33.8 Å². The first-order valence-electron chi connectivity index (χ1n) is 8.26. The molecule has 2 amide bonds. The van der Waals surface area contributed by atoms with E-state index in [0.717, 1.165) is 24.3 Å². The molecule has 7 heteroatoms. The minimum Gasteiger partial charge on any atom is -0.481 e. The van der Waals surface area contributed by atoms with Crippen molar-refractivity contribution in [2.45, 2.75) is 12.8 Å². The van der Waals surface area contributed by atoms with Gasteiger partial charge in [-0.3, -0.25) is 4.40 Å². The van der Waals surface area contributed by atoms with Crippen molar-refractivity contribution >= 4 is 17.4 Å². The van der Waals surface area contributed by atoms with Crippen LogP contribution in [0.1, 0.15) is 12.2 Å². The molecule has 0 bridgehead atoms. The van der Waals surface area contributed by atoms with Gasteiger partial charge in [-0.15, -0.1) is 16.6 Å². The first-order valence-corrected chi connectivity index (χ1v) is 8.26. The Morgan fingerprint density at radius 1 is 1.19 bits per heavy atom. The number of urea groups is 1. The summed E-state index contributed by atoms with van der Waals surface area (Å²) in [5.74, 6) is 3.94. The molecule has 26 heavy (non-hydrogen) atoms. The fourth-order valence-corrected chi connectivity index (χ4v) is 2.44. The molecule has 0 saturated heterocycles. The fourth-order valence-electron chi connectivity index (χ4n) is 2.44. The van der Waals surface area contributed by atoms with Crippen LogP contribution in [-0.2, 0) is 6.42 Å². The van der Waals surface area contributed by atoms with Gasteiger partial charge in [0.25, 0.3) is 0 Å². The number of benzene rings is 1. The molecule has 2 aromatic heterocycles. The third-order valence-electron chi connectivity index (χ3n) is 3.68. The Balaban J connectivity index is 1.41. The van der Waals surface area contributed by atoms with E-state index in [9.17, 15) is 4.79 Å². The van der Waals surface area contributed by atoms with Gasteiger partial charge in [-0.1, -0.05) is 12.0 Å². The van der Waals surface area contributed by atoms with E-state index in [-0.39, 0.29) is 12.6 Å². The van der Waals surface area contributed by atoms with Gasteiger partial charge in [-0.2, -0.15) is 0 Å². The first-order chi connectivity index (χ1) is 12.8. The van der Waals surface area contributed by atoms with E-state index in [1.54, 1.807) is 24.3 Å². The zero-order valence-electron chi connectivity index (χ0n) is 14.2. The van der Waals surface area contributed by atoms with Crippen LogP contribution in [0.25, 0.3) is 5.65 Å². The molecule has 2 heterocycles. The lowest BCUT2D eigenvalue weighted by Crippen LogP contribution is -2.29. The molecule has 0 radical (unpaired) electrons. The van der Waals surface area contributed by atoms with Gasteiger partial charge in [-0.05, 0) is 42.8 Å². The molecule has 2 N–H and O–H groups in total. The van der Waals surface area contributed by atoms with Crippen LogP contribution in [0.2, 0.25) is 0 Å². The Bertz CT molecular complexity index is 912. The van der Waals surface area contributed by atoms with Gasteiger partial charge in [0.2, 0.25) is 0 Å². The number of fused-ring (bicyclic) bond motifs is 1. The lowest BCUT2D eigenvalue weighted by atomic mass is 10.3. The second kappa shape index (κ2) is 8.53. The minimum atomic E-state index is -0.256. The maximum absolute atomic E-state index is 11.9. The summed E-state index contributed by atoms with van der Waals surface area (Å²) < 4.78 is 7.23. The minimum absolute atomic E-state index is 0.217. The van der Waals surface area contributed by atoms with Crippen molar-refractivity contribution in [3.63, 3.8) is 0 Å². The topological polar surface area (TPSA) is 80.5 Å². The summed E-state index contributed by atoms with van der Waals surface area (Å²) in [6.07, 6.45) is 8.57. The molecule has 0 aliphatic rings. The quantitative estimate of drug-likeness (QED) is 0.507. The number of carbonyl (C=O) groups is 1. The van der Waals surface area contributed by atoms with Gasteiger partial charge in [0.05, 0.1) is 0 Å². The van der Waals surface area contributed by atoms with Crippen molar-refractivity contribution in [3.05, 3.63) is 54.5 Å². The molecule has 0 atom stereocenters. The predicted molar refractivity (Wildman–Crippen MR) is 99.1 cm³/mol. The van der Waals surface area contributed by atoms with E-state index in [0.29, 0.717) is 18.0 Å². The van der Waals surface area contributed by atoms with Gasteiger partial charge < -0.3 is 15.4 Å². The Morgan fingerprint density at radius 2 is 2.04 bits per heavy atom. The highest BCUT2D eigenvalue weighted by molar-refractivity contribution is 5.89. The summed E-state index contributed by atoms with van der Waals surface area (Å²) in [6, 6.07) is 12.5. The molecule has 0 aliphatic carbocycles. The van der Waals surface area contributed by atoms with Crippen LogP contribution < -0.4 is 15.4 Å². The second-order valence-corrected chi connectivity index (χ2v) is 5.55. The van der Waals surface area contributed by atoms with Crippen molar-refractivity contribution < 1.29 is 9.53 Å². The number of rotatable bonds is 7. The number of amides is 2. The van der Waals surface area contributed by atoms with Gasteiger partial charge in [0.1, 0.15) is 18.2 Å². The highest BCUT2D eigenvalue weighted by Crippen LogP contribution is 2.15. The fraction of sp³-hybridized carbons (Fsp3) is 0.211. The first kappa shape index (κ1) is 17.3. The number of pyridine rings is 1. The van der Waals surface area contributed by atoms with Crippen LogP contribution in [0.5, 0.6) is 5.75 Å². The number of aryl methyl sites for hydroxylation is 1. The molecule has 3 rings (SSSR count). The van der Waals surface area contributed by atoms with E-state index < -0.39 is 0 Å². The number of hydrogen-bond acceptors (Lipinski definition) is 4. The van der Waals surface area contributed by atoms with E-state index in [4.69, 9.17) is 11.2 Å². The third kappa shape index (κ3) is 4.51. The maximum atomic E-state index is 11.9. The number of ether oxygens (including phenoxy) is 1. The van der Waals surface area contributed by atoms with Crippen molar-refractivity contribution in [1.29, 1.82) is 0 Å². The van der Waals surface area contributed by atoms with Gasteiger partial charge in [0.15, 0.2) is 5.65 Å². The number of carbonyl (C=O) groups excluding carboxylic acids is 1. The summed E-state index contributed by atoms with van der Waals surface area (Å²) >= 11 is 0. The highest BCUT2D eigenvalue weighted by atomic mass is 16.5. The van der Waals surface area contributed by atoms with Crippen molar-refractivity contribution in [2.75, 3.05) is 18.5 Å². The van der Waals surface area contributed by atoms with Crippen LogP contribution in [0, 0.1) is 12.3 Å². The second-order valence-electron chi connectivity index (χ2n) is 5.55. The maximum Gasteiger partial charge on any atom is 0.319 e. The molecule has 7 nitrogen and oxygen atoms in total. The zero-order chi connectivity index (χ0) is 18.2. The molecular weight excluding hydrogens is 330 g/mol. The van der Waals surface area contributed by atoms with Gasteiger partial charge in [0, 0.05) is 24.8 Å². The van der Waals surface area contributed by atoms with Crippen LogP contribution in [0.3, 0.4) is 0 Å². The summed E-state index contributed by atoms with van der Waals surface area (Å²) in [5, 5.41) is 13.9. The number of nitrogens with zero attached hydrogens (tertiary/aromatic N) is 3. The molecule has 0 unspecified atom stereocenters. The molecule has 0 aliphatic heterocycles. The summed E-state index contributed by atoms with van der Waals surface area (Å²) in [4.78, 5) is 11.9. The normalized spacial score (nSPS) is 10.3. The van der Waals surface area contributed by atoms with Crippen molar-refractivity contribution in [2.24, 2.45) is 0 Å². The van der Waals surface area contributed by atoms with Gasteiger partial charge in [-0.25, -0.2) is 4.79 Å². The average molecular weight is 349 g/mol. The zero-order valence-corrected chi connectivity index (χ0v) is 14.2. The summed E-state index contributed by atoms with van der Waals surface area (Å²) in [5.41, 5.74) is 1.50.